The third kappa shape index (κ3) is 14.4. The van der Waals surface area contributed by atoms with Gasteiger partial charge in [0.2, 0.25) is 0 Å². The molecule has 0 fully saturated rings. The summed E-state index contributed by atoms with van der Waals surface area (Å²) in [5, 5.41) is 1.34. The Morgan fingerprint density at radius 2 is 0.969 bits per heavy atom. The smallest absolute Gasteiger partial charge is 0.259 e. The molecule has 0 atom stereocenters. The summed E-state index contributed by atoms with van der Waals surface area (Å²) in [5.74, 6) is 0. The van der Waals surface area contributed by atoms with Gasteiger partial charge in [-0.15, -0.1) is 0 Å². The van der Waals surface area contributed by atoms with E-state index in [-0.39, 0.29) is 10.8 Å². The second kappa shape index (κ2) is 15.9. The lowest BCUT2D eigenvalue weighted by atomic mass is 9.98. The average Bonchev–Trinajstić information content (AvgIpc) is 2.64. The van der Waals surface area contributed by atoms with Gasteiger partial charge < -0.3 is 18.5 Å². The van der Waals surface area contributed by atoms with Crippen LogP contribution in [0.2, 0.25) is 0 Å². The zero-order valence-corrected chi connectivity index (χ0v) is 24.7. The van der Waals surface area contributed by atoms with Gasteiger partial charge >= 0.3 is 0 Å². The highest BCUT2D eigenvalue weighted by molar-refractivity contribution is 7.80. The van der Waals surface area contributed by atoms with E-state index in [1.165, 1.54) is 0 Å². The number of hydrogen-bond acceptors (Lipinski definition) is 7. The van der Waals surface area contributed by atoms with Gasteiger partial charge in [0.1, 0.15) is 0 Å². The van der Waals surface area contributed by atoms with Crippen LogP contribution in [0.4, 0.5) is 0 Å². The summed E-state index contributed by atoms with van der Waals surface area (Å²) in [7, 11) is -1.11. The minimum Gasteiger partial charge on any atom is -0.486 e. The third-order valence-corrected chi connectivity index (χ3v) is 7.99. The molecule has 190 valence electrons. The van der Waals surface area contributed by atoms with Gasteiger partial charge in [0, 0.05) is 22.9 Å². The van der Waals surface area contributed by atoms with Crippen LogP contribution < -0.4 is 0 Å². The van der Waals surface area contributed by atoms with E-state index in [0.717, 1.165) is 25.7 Å². The molecule has 0 heterocycles. The zero-order valence-electron chi connectivity index (χ0n) is 22.2. The highest BCUT2D eigenvalue weighted by Crippen LogP contribution is 2.46. The molecule has 0 aromatic carbocycles. The Kier molecular flexibility index (Phi) is 15.9. The zero-order chi connectivity index (χ0) is 24.9. The second-order valence-electron chi connectivity index (χ2n) is 10.7. The minimum absolute atomic E-state index is 0.0915. The number of thiocarbonyl (C=S) groups is 2. The molecule has 32 heavy (non-hydrogen) atoms. The Bertz CT molecular complexity index is 499. The van der Waals surface area contributed by atoms with E-state index in [2.05, 4.69) is 73.9 Å². The molecular formula is C24H48NO4PS2. The van der Waals surface area contributed by atoms with Crippen LogP contribution in [0.5, 0.6) is 0 Å². The fraction of sp³-hybridized carbons (Fsp3) is 0.917. The van der Waals surface area contributed by atoms with Crippen LogP contribution in [0.3, 0.4) is 0 Å². The van der Waals surface area contributed by atoms with Gasteiger partial charge in [-0.3, -0.25) is 0 Å². The maximum atomic E-state index is 6.22. The normalized spacial score (nSPS) is 12.8. The van der Waals surface area contributed by atoms with Crippen LogP contribution in [-0.2, 0) is 18.5 Å². The molecule has 0 N–H and O–H groups in total. The SMILES string of the molecule is CC(C)N(C(C)C)P(OCCCCOC(=S)C(C)(C)C)OCCCCOC(=S)C(C)(C)C. The summed E-state index contributed by atoms with van der Waals surface area (Å²) in [4.78, 5) is 0. The molecule has 5 nitrogen and oxygen atoms in total. The molecule has 0 amide bonds. The van der Waals surface area contributed by atoms with Gasteiger partial charge in [-0.1, -0.05) is 41.5 Å². The monoisotopic (exact) mass is 509 g/mol. The van der Waals surface area contributed by atoms with Crippen molar-refractivity contribution < 1.29 is 18.5 Å². The predicted octanol–water partition coefficient (Wildman–Crippen LogP) is 7.71. The number of unbranched alkanes of at least 4 members (excludes halogenated alkanes) is 2. The summed E-state index contributed by atoms with van der Waals surface area (Å²) in [5.41, 5.74) is -0.183. The standard InChI is InChI=1S/C24H48NO4PS2/c1-19(2)25(20(3)4)30(28-17-13-11-15-26-21(31)23(5,6)7)29-18-14-12-16-27-22(32)24(8,9)10/h19-20H,11-18H2,1-10H3. The quantitative estimate of drug-likeness (QED) is 0.127. The first-order valence-corrected chi connectivity index (χ1v) is 13.8. The summed E-state index contributed by atoms with van der Waals surface area (Å²) in [6.07, 6.45) is 3.65. The van der Waals surface area contributed by atoms with Crippen LogP contribution in [-0.4, -0.2) is 53.3 Å². The summed E-state index contributed by atoms with van der Waals surface area (Å²) >= 11 is 10.6. The number of ether oxygens (including phenoxy) is 2. The molecule has 0 spiro atoms. The molecule has 0 bridgehead atoms. The van der Waals surface area contributed by atoms with Crippen molar-refractivity contribution in [3.8, 4) is 0 Å². The number of nitrogens with zero attached hydrogens (tertiary/aromatic N) is 1. The molecule has 8 heteroatoms. The van der Waals surface area contributed by atoms with Gasteiger partial charge in [0.25, 0.3) is 8.53 Å². The Morgan fingerprint density at radius 1 is 0.656 bits per heavy atom. The van der Waals surface area contributed by atoms with E-state index >= 15 is 0 Å². The molecule has 0 aliphatic heterocycles. The van der Waals surface area contributed by atoms with Crippen molar-refractivity contribution in [2.75, 3.05) is 26.4 Å². The van der Waals surface area contributed by atoms with E-state index in [9.17, 15) is 0 Å². The predicted molar refractivity (Wildman–Crippen MR) is 145 cm³/mol. The van der Waals surface area contributed by atoms with Crippen LogP contribution in [0.15, 0.2) is 0 Å². The van der Waals surface area contributed by atoms with Gasteiger partial charge in [-0.25, -0.2) is 4.67 Å². The first kappa shape index (κ1) is 32.1. The van der Waals surface area contributed by atoms with Gasteiger partial charge in [0.05, 0.1) is 26.4 Å². The molecule has 0 aromatic heterocycles. The molecule has 0 saturated carbocycles. The first-order valence-electron chi connectivity index (χ1n) is 11.9. The first-order chi connectivity index (χ1) is 14.7. The molecular weight excluding hydrogens is 461 g/mol. The largest absolute Gasteiger partial charge is 0.486 e. The van der Waals surface area contributed by atoms with E-state index in [0.29, 0.717) is 48.6 Å². The molecule has 0 radical (unpaired) electrons. The lowest BCUT2D eigenvalue weighted by Gasteiger charge is -2.35. The van der Waals surface area contributed by atoms with Crippen molar-refractivity contribution in [1.82, 2.24) is 4.67 Å². The van der Waals surface area contributed by atoms with Gasteiger partial charge in [0.15, 0.2) is 10.1 Å². The van der Waals surface area contributed by atoms with Crippen molar-refractivity contribution in [3.05, 3.63) is 0 Å². The molecule has 0 aliphatic carbocycles. The van der Waals surface area contributed by atoms with Crippen molar-refractivity contribution in [2.45, 2.75) is 107 Å². The van der Waals surface area contributed by atoms with E-state index in [1.54, 1.807) is 0 Å². The Morgan fingerprint density at radius 3 is 1.25 bits per heavy atom. The van der Waals surface area contributed by atoms with E-state index in [4.69, 9.17) is 43.0 Å². The summed E-state index contributed by atoms with van der Waals surface area (Å²) < 4.78 is 26.2. The van der Waals surface area contributed by atoms with Crippen molar-refractivity contribution in [1.29, 1.82) is 0 Å². The highest BCUT2D eigenvalue weighted by atomic mass is 32.1. The lowest BCUT2D eigenvalue weighted by molar-refractivity contribution is 0.163. The Hall–Kier alpha value is 0.0900. The van der Waals surface area contributed by atoms with Crippen LogP contribution in [0.1, 0.15) is 94.9 Å². The second-order valence-corrected chi connectivity index (χ2v) is 12.9. The fourth-order valence-corrected chi connectivity index (χ4v) is 4.43. The Balaban J connectivity index is 4.41. The van der Waals surface area contributed by atoms with Gasteiger partial charge in [-0.05, 0) is 77.8 Å². The Labute approximate surface area is 210 Å². The molecule has 0 aromatic rings. The maximum absolute atomic E-state index is 6.22. The molecule has 0 saturated heterocycles. The van der Waals surface area contributed by atoms with E-state index in [1.807, 2.05) is 0 Å². The lowest BCUT2D eigenvalue weighted by Crippen LogP contribution is -2.33. The fourth-order valence-electron chi connectivity index (χ4n) is 2.60. The minimum atomic E-state index is -1.11. The van der Waals surface area contributed by atoms with E-state index < -0.39 is 8.53 Å². The molecule has 0 unspecified atom stereocenters. The third-order valence-electron chi connectivity index (χ3n) is 4.42. The summed E-state index contributed by atoms with van der Waals surface area (Å²) in [6.45, 7) is 23.7. The van der Waals surface area contributed by atoms with Gasteiger partial charge in [-0.2, -0.15) is 0 Å². The average molecular weight is 510 g/mol. The van der Waals surface area contributed by atoms with Crippen LogP contribution >= 0.6 is 33.0 Å². The molecule has 0 aliphatic rings. The van der Waals surface area contributed by atoms with Crippen LogP contribution in [0, 0.1) is 10.8 Å². The molecule has 0 rings (SSSR count). The number of hydrogen-bond donors (Lipinski definition) is 0. The topological polar surface area (TPSA) is 40.2 Å². The maximum Gasteiger partial charge on any atom is 0.259 e. The van der Waals surface area contributed by atoms with Crippen molar-refractivity contribution in [2.24, 2.45) is 10.8 Å². The van der Waals surface area contributed by atoms with Crippen LogP contribution in [0.25, 0.3) is 0 Å². The number of rotatable bonds is 15. The highest BCUT2D eigenvalue weighted by Gasteiger charge is 2.27. The van der Waals surface area contributed by atoms with Crippen molar-refractivity contribution >= 4 is 43.1 Å². The summed E-state index contributed by atoms with van der Waals surface area (Å²) in [6, 6.07) is 0.696. The van der Waals surface area contributed by atoms with Crippen molar-refractivity contribution in [3.63, 3.8) is 0 Å².